The molecule has 104 valence electrons. The lowest BCUT2D eigenvalue weighted by Gasteiger charge is -2.32. The van der Waals surface area contributed by atoms with E-state index in [9.17, 15) is 0 Å². The van der Waals surface area contributed by atoms with Crippen LogP contribution in [0.5, 0.6) is 0 Å². The molecule has 0 aromatic rings. The van der Waals surface area contributed by atoms with Crippen LogP contribution in [0.1, 0.15) is 79.1 Å². The molecule has 0 spiro atoms. The maximum absolute atomic E-state index is 2.56. The van der Waals surface area contributed by atoms with E-state index in [0.29, 0.717) is 0 Å². The van der Waals surface area contributed by atoms with E-state index in [1.54, 1.807) is 0 Å². The highest BCUT2D eigenvalue weighted by atomic mass is 15.1. The predicted molar refractivity (Wildman–Crippen MR) is 79.5 cm³/mol. The lowest BCUT2D eigenvalue weighted by molar-refractivity contribution is 0.168. The first-order chi connectivity index (χ1) is 8.17. The van der Waals surface area contributed by atoms with Crippen molar-refractivity contribution in [2.45, 2.75) is 85.1 Å². The van der Waals surface area contributed by atoms with Crippen LogP contribution in [0.2, 0.25) is 0 Å². The third-order valence-corrected chi connectivity index (χ3v) is 4.09. The molecule has 0 aliphatic rings. The quantitative estimate of drug-likeness (QED) is 0.455. The minimum atomic E-state index is 0.809. The molecule has 2 atom stereocenters. The smallest absolute Gasteiger partial charge is 0.0118 e. The topological polar surface area (TPSA) is 3.24 Å². The van der Waals surface area contributed by atoms with E-state index in [-0.39, 0.29) is 0 Å². The second-order valence-corrected chi connectivity index (χ2v) is 5.61. The van der Waals surface area contributed by atoms with Crippen LogP contribution >= 0.6 is 0 Å². The monoisotopic (exact) mass is 241 g/mol. The van der Waals surface area contributed by atoms with Gasteiger partial charge < -0.3 is 4.90 Å². The molecule has 0 saturated heterocycles. The van der Waals surface area contributed by atoms with Crippen molar-refractivity contribution in [3.8, 4) is 0 Å². The molecule has 1 nitrogen and oxygen atoms in total. The van der Waals surface area contributed by atoms with Crippen molar-refractivity contribution in [3.05, 3.63) is 0 Å². The highest BCUT2D eigenvalue weighted by Gasteiger charge is 2.19. The van der Waals surface area contributed by atoms with Crippen LogP contribution in [-0.2, 0) is 0 Å². The Balaban J connectivity index is 4.05. The molecule has 0 heterocycles. The molecule has 0 fully saturated rings. The molecule has 0 saturated carbocycles. The summed E-state index contributed by atoms with van der Waals surface area (Å²) in [6.45, 7) is 10.5. The van der Waals surface area contributed by atoms with Gasteiger partial charge in [-0.1, -0.05) is 66.2 Å². The fourth-order valence-electron chi connectivity index (χ4n) is 2.69. The van der Waals surface area contributed by atoms with Crippen molar-refractivity contribution in [2.75, 3.05) is 13.6 Å². The van der Waals surface area contributed by atoms with E-state index >= 15 is 0 Å². The lowest BCUT2D eigenvalue weighted by atomic mass is 9.90. The van der Waals surface area contributed by atoms with Crippen molar-refractivity contribution >= 4 is 0 Å². The summed E-state index contributed by atoms with van der Waals surface area (Å²) in [7, 11) is 2.30. The molecule has 17 heavy (non-hydrogen) atoms. The molecule has 0 aromatic carbocycles. The number of hydrogen-bond acceptors (Lipinski definition) is 1. The summed E-state index contributed by atoms with van der Waals surface area (Å²) in [6.07, 6.45) is 11.1. The fourth-order valence-corrected chi connectivity index (χ4v) is 2.69. The van der Waals surface area contributed by atoms with Crippen LogP contribution in [0.4, 0.5) is 0 Å². The van der Waals surface area contributed by atoms with Crippen LogP contribution in [-0.4, -0.2) is 24.5 Å². The summed E-state index contributed by atoms with van der Waals surface area (Å²) >= 11 is 0. The van der Waals surface area contributed by atoms with Gasteiger partial charge in [-0.15, -0.1) is 0 Å². The minimum absolute atomic E-state index is 0.809. The van der Waals surface area contributed by atoms with Crippen LogP contribution in [0.3, 0.4) is 0 Å². The van der Waals surface area contributed by atoms with Gasteiger partial charge in [-0.05, 0) is 32.4 Å². The molecular weight excluding hydrogens is 206 g/mol. The molecule has 0 bridgehead atoms. The Hall–Kier alpha value is -0.0400. The molecule has 2 unspecified atom stereocenters. The molecule has 0 aliphatic heterocycles. The van der Waals surface area contributed by atoms with Crippen molar-refractivity contribution in [1.82, 2.24) is 4.90 Å². The normalized spacial score (nSPS) is 15.2. The third-order valence-electron chi connectivity index (χ3n) is 4.09. The van der Waals surface area contributed by atoms with Gasteiger partial charge in [-0.2, -0.15) is 0 Å². The van der Waals surface area contributed by atoms with E-state index in [1.165, 1.54) is 57.9 Å². The number of unbranched alkanes of at least 4 members (excludes halogenated alkanes) is 4. The fraction of sp³-hybridized carbons (Fsp3) is 1.00. The first-order valence-electron chi connectivity index (χ1n) is 7.87. The van der Waals surface area contributed by atoms with E-state index in [4.69, 9.17) is 0 Å². The summed E-state index contributed by atoms with van der Waals surface area (Å²) in [6, 6.07) is 0.809. The maximum atomic E-state index is 2.56. The first kappa shape index (κ1) is 17.0. The first-order valence-corrected chi connectivity index (χ1v) is 7.87. The van der Waals surface area contributed by atoms with Gasteiger partial charge in [0.25, 0.3) is 0 Å². The van der Waals surface area contributed by atoms with Gasteiger partial charge in [0.15, 0.2) is 0 Å². The summed E-state index contributed by atoms with van der Waals surface area (Å²) in [5, 5.41) is 0. The Kier molecular flexibility index (Phi) is 11.0. The van der Waals surface area contributed by atoms with Gasteiger partial charge in [0.1, 0.15) is 0 Å². The van der Waals surface area contributed by atoms with Crippen molar-refractivity contribution in [2.24, 2.45) is 5.92 Å². The Morgan fingerprint density at radius 2 is 1.35 bits per heavy atom. The molecule has 0 rings (SSSR count). The summed E-state index contributed by atoms with van der Waals surface area (Å²) in [5.74, 6) is 0.864. The second-order valence-electron chi connectivity index (χ2n) is 5.61. The SMILES string of the molecule is CCCCCC(C)C(CCCCC)N(C)CC. The number of rotatable bonds is 11. The zero-order valence-electron chi connectivity index (χ0n) is 13.0. The Labute approximate surface area is 110 Å². The van der Waals surface area contributed by atoms with Gasteiger partial charge in [0.2, 0.25) is 0 Å². The molecule has 0 N–H and O–H groups in total. The molecule has 0 aliphatic carbocycles. The third kappa shape index (κ3) is 7.81. The summed E-state index contributed by atoms with van der Waals surface area (Å²) < 4.78 is 0. The van der Waals surface area contributed by atoms with Crippen LogP contribution < -0.4 is 0 Å². The molecule has 1 heteroatoms. The summed E-state index contributed by atoms with van der Waals surface area (Å²) in [5.41, 5.74) is 0. The highest BCUT2D eigenvalue weighted by molar-refractivity contribution is 4.74. The number of hydrogen-bond donors (Lipinski definition) is 0. The van der Waals surface area contributed by atoms with Crippen LogP contribution in [0.15, 0.2) is 0 Å². The second kappa shape index (κ2) is 11.1. The minimum Gasteiger partial charge on any atom is -0.303 e. The van der Waals surface area contributed by atoms with Gasteiger partial charge in [0.05, 0.1) is 0 Å². The van der Waals surface area contributed by atoms with E-state index in [2.05, 4.69) is 39.6 Å². The molecular formula is C16H35N. The standard InChI is InChI=1S/C16H35N/c1-6-9-11-13-15(4)16(17(5)8-3)14-12-10-7-2/h15-16H,6-14H2,1-5H3. The zero-order valence-corrected chi connectivity index (χ0v) is 13.0. The Morgan fingerprint density at radius 3 is 1.82 bits per heavy atom. The van der Waals surface area contributed by atoms with Gasteiger partial charge in [-0.3, -0.25) is 0 Å². The van der Waals surface area contributed by atoms with Gasteiger partial charge in [0, 0.05) is 6.04 Å². The molecule has 0 amide bonds. The van der Waals surface area contributed by atoms with E-state index in [0.717, 1.165) is 12.0 Å². The average Bonchev–Trinajstić information content (AvgIpc) is 2.34. The zero-order chi connectivity index (χ0) is 13.1. The molecule has 0 radical (unpaired) electrons. The Bertz CT molecular complexity index is 156. The summed E-state index contributed by atoms with van der Waals surface area (Å²) in [4.78, 5) is 2.56. The lowest BCUT2D eigenvalue weighted by Crippen LogP contribution is -2.36. The van der Waals surface area contributed by atoms with Crippen molar-refractivity contribution < 1.29 is 0 Å². The number of nitrogens with zero attached hydrogens (tertiary/aromatic N) is 1. The Morgan fingerprint density at radius 1 is 0.824 bits per heavy atom. The highest BCUT2D eigenvalue weighted by Crippen LogP contribution is 2.22. The van der Waals surface area contributed by atoms with E-state index < -0.39 is 0 Å². The van der Waals surface area contributed by atoms with Crippen LogP contribution in [0.25, 0.3) is 0 Å². The maximum Gasteiger partial charge on any atom is 0.0118 e. The molecule has 0 aromatic heterocycles. The van der Waals surface area contributed by atoms with Gasteiger partial charge >= 0.3 is 0 Å². The van der Waals surface area contributed by atoms with Crippen molar-refractivity contribution in [3.63, 3.8) is 0 Å². The van der Waals surface area contributed by atoms with E-state index in [1.807, 2.05) is 0 Å². The average molecular weight is 241 g/mol. The van der Waals surface area contributed by atoms with Gasteiger partial charge in [-0.25, -0.2) is 0 Å². The van der Waals surface area contributed by atoms with Crippen LogP contribution in [0, 0.1) is 5.92 Å². The largest absolute Gasteiger partial charge is 0.303 e. The van der Waals surface area contributed by atoms with Crippen molar-refractivity contribution in [1.29, 1.82) is 0 Å². The predicted octanol–water partition coefficient (Wildman–Crippen LogP) is 5.10.